The Balaban J connectivity index is 1.48. The van der Waals surface area contributed by atoms with Crippen molar-refractivity contribution in [3.05, 3.63) is 35.4 Å². The Hall–Kier alpha value is -2.12. The number of piperidine rings is 1. The molecule has 0 saturated carbocycles. The molecule has 2 aliphatic rings. The number of carbonyl (C=O) groups is 1. The minimum absolute atomic E-state index is 0.123. The van der Waals surface area contributed by atoms with Crippen LogP contribution >= 0.6 is 0 Å². The number of aliphatic imine (C=N–C) groups is 1. The van der Waals surface area contributed by atoms with Gasteiger partial charge in [0.15, 0.2) is 5.96 Å². The molecule has 0 radical (unpaired) electrons. The predicted molar refractivity (Wildman–Crippen MR) is 120 cm³/mol. The van der Waals surface area contributed by atoms with Crippen molar-refractivity contribution in [2.75, 3.05) is 46.3 Å². The number of likely N-dealkylation sites (tertiary alicyclic amines) is 1. The summed E-state index contributed by atoms with van der Waals surface area (Å²) in [5.41, 5.74) is 2.79. The van der Waals surface area contributed by atoms with E-state index in [1.54, 1.807) is 7.05 Å². The van der Waals surface area contributed by atoms with E-state index in [-0.39, 0.29) is 5.91 Å². The van der Waals surface area contributed by atoms with Crippen LogP contribution in [0.1, 0.15) is 37.3 Å². The molecule has 1 aromatic rings. The molecule has 2 aliphatic heterocycles. The summed E-state index contributed by atoms with van der Waals surface area (Å²) in [7, 11) is 1.70. The number of nitrogens with zero attached hydrogens (tertiary/aromatic N) is 3. The molecule has 0 aromatic heterocycles. The van der Waals surface area contributed by atoms with E-state index in [1.165, 1.54) is 11.1 Å². The molecule has 0 aliphatic carbocycles. The number of guanidine groups is 1. The van der Waals surface area contributed by atoms with E-state index < -0.39 is 6.10 Å². The van der Waals surface area contributed by atoms with Crippen molar-refractivity contribution in [3.63, 3.8) is 0 Å². The third kappa shape index (κ3) is 6.44. The van der Waals surface area contributed by atoms with Crippen LogP contribution in [0.25, 0.3) is 0 Å². The van der Waals surface area contributed by atoms with Crippen molar-refractivity contribution in [2.45, 2.75) is 45.3 Å². The molecule has 0 spiro atoms. The second kappa shape index (κ2) is 11.3. The zero-order valence-electron chi connectivity index (χ0n) is 18.4. The summed E-state index contributed by atoms with van der Waals surface area (Å²) < 4.78 is 0. The minimum Gasteiger partial charge on any atom is -0.390 e. The molecule has 1 atom stereocenters. The lowest BCUT2D eigenvalue weighted by atomic mass is 9.93. The molecule has 0 bridgehead atoms. The van der Waals surface area contributed by atoms with Gasteiger partial charge in [0.05, 0.1) is 12.6 Å². The van der Waals surface area contributed by atoms with Crippen LogP contribution in [0.4, 0.5) is 0 Å². The summed E-state index contributed by atoms with van der Waals surface area (Å²) in [6.07, 6.45) is 3.16. The fraction of sp³-hybridized carbons (Fsp3) is 0.652. The second-order valence-corrected chi connectivity index (χ2v) is 8.41. The number of aliphatic hydroxyl groups is 1. The molecule has 1 amide bonds. The Kier molecular flexibility index (Phi) is 8.51. The molecule has 3 N–H and O–H groups in total. The Morgan fingerprint density at radius 3 is 2.67 bits per heavy atom. The van der Waals surface area contributed by atoms with Crippen molar-refractivity contribution >= 4 is 11.9 Å². The van der Waals surface area contributed by atoms with Crippen LogP contribution in [-0.2, 0) is 17.8 Å². The highest BCUT2D eigenvalue weighted by Crippen LogP contribution is 2.21. The van der Waals surface area contributed by atoms with Gasteiger partial charge in [0, 0.05) is 52.7 Å². The number of hydrogen-bond acceptors (Lipinski definition) is 4. The van der Waals surface area contributed by atoms with Crippen LogP contribution in [0, 0.1) is 5.92 Å². The lowest BCUT2D eigenvalue weighted by Crippen LogP contribution is -2.46. The van der Waals surface area contributed by atoms with Crippen LogP contribution in [0.2, 0.25) is 0 Å². The largest absolute Gasteiger partial charge is 0.390 e. The number of hydrogen-bond donors (Lipinski definition) is 3. The first-order valence-corrected chi connectivity index (χ1v) is 11.3. The third-order valence-corrected chi connectivity index (χ3v) is 6.13. The van der Waals surface area contributed by atoms with Crippen molar-refractivity contribution in [1.29, 1.82) is 0 Å². The molecule has 3 rings (SSSR count). The van der Waals surface area contributed by atoms with Gasteiger partial charge >= 0.3 is 0 Å². The fourth-order valence-corrected chi connectivity index (χ4v) is 4.40. The maximum atomic E-state index is 11.6. The monoisotopic (exact) mass is 415 g/mol. The molecule has 7 nitrogen and oxygen atoms in total. The van der Waals surface area contributed by atoms with Gasteiger partial charge in [0.1, 0.15) is 0 Å². The van der Waals surface area contributed by atoms with Crippen LogP contribution in [-0.4, -0.2) is 79.2 Å². The van der Waals surface area contributed by atoms with Crippen molar-refractivity contribution in [1.82, 2.24) is 20.4 Å². The topological polar surface area (TPSA) is 80.2 Å². The molecule has 30 heavy (non-hydrogen) atoms. The Labute approximate surface area is 180 Å². The van der Waals surface area contributed by atoms with Crippen molar-refractivity contribution in [2.24, 2.45) is 10.9 Å². The van der Waals surface area contributed by atoms with Crippen molar-refractivity contribution in [3.8, 4) is 0 Å². The number of nitrogens with one attached hydrogen (secondary N) is 2. The zero-order chi connectivity index (χ0) is 21.3. The third-order valence-electron chi connectivity index (χ3n) is 6.13. The number of aliphatic hydroxyl groups excluding tert-OH is 1. The summed E-state index contributed by atoms with van der Waals surface area (Å²) in [5, 5.41) is 16.7. The maximum Gasteiger partial charge on any atom is 0.220 e. The van der Waals surface area contributed by atoms with Gasteiger partial charge in [0.25, 0.3) is 0 Å². The molecule has 2 heterocycles. The van der Waals surface area contributed by atoms with E-state index in [1.807, 2.05) is 0 Å². The van der Waals surface area contributed by atoms with E-state index >= 15 is 0 Å². The van der Waals surface area contributed by atoms with E-state index in [4.69, 9.17) is 4.99 Å². The van der Waals surface area contributed by atoms with Gasteiger partial charge in [-0.25, -0.2) is 0 Å². The molecule has 7 heteroatoms. The average Bonchev–Trinajstić information content (AvgIpc) is 2.77. The number of benzene rings is 1. The molecule has 1 fully saturated rings. The lowest BCUT2D eigenvalue weighted by molar-refractivity contribution is -0.121. The van der Waals surface area contributed by atoms with Gasteiger partial charge in [-0.2, -0.15) is 0 Å². The smallest absolute Gasteiger partial charge is 0.220 e. The van der Waals surface area contributed by atoms with Gasteiger partial charge in [-0.3, -0.25) is 14.7 Å². The Bertz CT molecular complexity index is 715. The first-order valence-electron chi connectivity index (χ1n) is 11.3. The van der Waals surface area contributed by atoms with E-state index in [0.29, 0.717) is 25.4 Å². The number of amides is 1. The molecule has 1 saturated heterocycles. The van der Waals surface area contributed by atoms with Gasteiger partial charge in [-0.15, -0.1) is 0 Å². The van der Waals surface area contributed by atoms with E-state index in [0.717, 1.165) is 57.9 Å². The van der Waals surface area contributed by atoms with E-state index in [9.17, 15) is 9.90 Å². The fourth-order valence-electron chi connectivity index (χ4n) is 4.40. The number of carbonyl (C=O) groups excluding carboxylic acids is 1. The second-order valence-electron chi connectivity index (χ2n) is 8.41. The van der Waals surface area contributed by atoms with Crippen LogP contribution in [0.5, 0.6) is 0 Å². The highest BCUT2D eigenvalue weighted by atomic mass is 16.3. The van der Waals surface area contributed by atoms with Crippen LogP contribution in [0.15, 0.2) is 29.3 Å². The standard InChI is InChI=1S/C23H37N5O2/c1-3-25-23(28-12-8-18(9-13-28)14-22(30)24-2)26-15-21(29)17-27-11-10-19-6-4-5-7-20(19)16-27/h4-7,18,21,29H,3,8-17H2,1-2H3,(H,24,30)(H,25,26). The predicted octanol–water partition coefficient (Wildman–Crippen LogP) is 1.22. The Morgan fingerprint density at radius 2 is 1.97 bits per heavy atom. The summed E-state index contributed by atoms with van der Waals surface area (Å²) in [6.45, 7) is 7.58. The van der Waals surface area contributed by atoms with Crippen LogP contribution in [0.3, 0.4) is 0 Å². The molecular formula is C23H37N5O2. The summed E-state index contributed by atoms with van der Waals surface area (Å²) >= 11 is 0. The van der Waals surface area contributed by atoms with Crippen molar-refractivity contribution < 1.29 is 9.90 Å². The normalized spacial score (nSPS) is 19.3. The first kappa shape index (κ1) is 22.6. The highest BCUT2D eigenvalue weighted by Gasteiger charge is 2.23. The minimum atomic E-state index is -0.477. The summed E-state index contributed by atoms with van der Waals surface area (Å²) in [4.78, 5) is 20.9. The first-order chi connectivity index (χ1) is 14.6. The molecule has 1 unspecified atom stereocenters. The average molecular weight is 416 g/mol. The van der Waals surface area contributed by atoms with Gasteiger partial charge in [0.2, 0.25) is 5.91 Å². The number of rotatable bonds is 7. The lowest BCUT2D eigenvalue weighted by Gasteiger charge is -2.34. The maximum absolute atomic E-state index is 11.6. The molecule has 1 aromatic carbocycles. The molecular weight excluding hydrogens is 378 g/mol. The highest BCUT2D eigenvalue weighted by molar-refractivity contribution is 5.80. The van der Waals surface area contributed by atoms with Crippen LogP contribution < -0.4 is 10.6 Å². The summed E-state index contributed by atoms with van der Waals surface area (Å²) in [6, 6.07) is 8.57. The molecule has 166 valence electrons. The quantitative estimate of drug-likeness (QED) is 0.461. The summed E-state index contributed by atoms with van der Waals surface area (Å²) in [5.74, 6) is 1.44. The van der Waals surface area contributed by atoms with Gasteiger partial charge in [-0.1, -0.05) is 24.3 Å². The van der Waals surface area contributed by atoms with Gasteiger partial charge < -0.3 is 20.6 Å². The number of fused-ring (bicyclic) bond motifs is 1. The Morgan fingerprint density at radius 1 is 1.23 bits per heavy atom. The van der Waals surface area contributed by atoms with Gasteiger partial charge in [-0.05, 0) is 43.2 Å². The zero-order valence-corrected chi connectivity index (χ0v) is 18.4. The van der Waals surface area contributed by atoms with E-state index in [2.05, 4.69) is 51.6 Å². The number of β-amino-alcohol motifs (C(OH)–C–C–N with tert-alkyl or cyclic N) is 1. The SMILES string of the molecule is CCNC(=NCC(O)CN1CCc2ccccc2C1)N1CCC(CC(=O)NC)CC1.